The molecule has 0 saturated heterocycles. The number of hydrogen-bond acceptors (Lipinski definition) is 2. The molecule has 0 radical (unpaired) electrons. The summed E-state index contributed by atoms with van der Waals surface area (Å²) in [7, 11) is 0. The van der Waals surface area contributed by atoms with Crippen LogP contribution >= 0.6 is 0 Å². The quantitative estimate of drug-likeness (QED) is 0.868. The van der Waals surface area contributed by atoms with E-state index in [4.69, 9.17) is 0 Å². The van der Waals surface area contributed by atoms with Crippen molar-refractivity contribution in [3.8, 4) is 0 Å². The molecule has 3 rings (SSSR count). The first-order valence-corrected chi connectivity index (χ1v) is 6.74. The molecule has 1 amide bonds. The summed E-state index contributed by atoms with van der Waals surface area (Å²) in [6, 6.07) is 8.02. The van der Waals surface area contributed by atoms with E-state index in [0.717, 1.165) is 36.8 Å². The van der Waals surface area contributed by atoms with E-state index in [-0.39, 0.29) is 11.9 Å². The second kappa shape index (κ2) is 4.09. The van der Waals surface area contributed by atoms with Crippen LogP contribution in [0.4, 0.5) is 0 Å². The average molecular weight is 245 g/mol. The molecule has 1 saturated carbocycles. The Kier molecular flexibility index (Phi) is 2.67. The van der Waals surface area contributed by atoms with Gasteiger partial charge in [-0.3, -0.25) is 4.79 Å². The van der Waals surface area contributed by atoms with Gasteiger partial charge in [0.2, 0.25) is 0 Å². The number of benzene rings is 1. The fraction of sp³-hybridized carbons (Fsp3) is 0.533. The molecule has 1 heterocycles. The molecule has 1 fully saturated rings. The molecule has 1 N–H and O–H groups in total. The van der Waals surface area contributed by atoms with Crippen LogP contribution < -0.4 is 0 Å². The molecule has 1 aliphatic carbocycles. The second-order valence-corrected chi connectivity index (χ2v) is 5.56. The summed E-state index contributed by atoms with van der Waals surface area (Å²) in [5, 5.41) is 10.3. The minimum atomic E-state index is -0.556. The lowest BCUT2D eigenvalue weighted by molar-refractivity contribution is 0.0331. The highest BCUT2D eigenvalue weighted by atomic mass is 16.3. The molecule has 3 heteroatoms. The van der Waals surface area contributed by atoms with Gasteiger partial charge in [-0.25, -0.2) is 0 Å². The maximum absolute atomic E-state index is 12.3. The molecular weight excluding hydrogens is 226 g/mol. The number of carbonyl (C=O) groups is 1. The number of rotatable bonds is 2. The largest absolute Gasteiger partial charge is 0.390 e. The van der Waals surface area contributed by atoms with E-state index in [1.165, 1.54) is 0 Å². The van der Waals surface area contributed by atoms with Gasteiger partial charge in [-0.05, 0) is 37.3 Å². The SMILES string of the molecule is CCC1(O)CCC(N2Cc3ccccc3C2=O)C1. The Balaban J connectivity index is 1.80. The summed E-state index contributed by atoms with van der Waals surface area (Å²) >= 11 is 0. The Bertz CT molecular complexity index is 485. The van der Waals surface area contributed by atoms with Gasteiger partial charge in [0.1, 0.15) is 0 Å². The molecule has 0 bridgehead atoms. The van der Waals surface area contributed by atoms with E-state index in [0.29, 0.717) is 6.54 Å². The predicted octanol–water partition coefficient (Wildman–Crippen LogP) is 2.34. The third-order valence-corrected chi connectivity index (χ3v) is 4.51. The van der Waals surface area contributed by atoms with Crippen LogP contribution in [0.15, 0.2) is 24.3 Å². The van der Waals surface area contributed by atoms with Crippen molar-refractivity contribution in [3.05, 3.63) is 35.4 Å². The molecule has 18 heavy (non-hydrogen) atoms. The smallest absolute Gasteiger partial charge is 0.254 e. The van der Waals surface area contributed by atoms with Crippen molar-refractivity contribution in [3.63, 3.8) is 0 Å². The van der Waals surface area contributed by atoms with E-state index < -0.39 is 5.60 Å². The van der Waals surface area contributed by atoms with E-state index in [9.17, 15) is 9.90 Å². The average Bonchev–Trinajstić information content (AvgIpc) is 2.93. The first kappa shape index (κ1) is 11.7. The molecule has 2 atom stereocenters. The predicted molar refractivity (Wildman–Crippen MR) is 69.2 cm³/mol. The summed E-state index contributed by atoms with van der Waals surface area (Å²) in [6.45, 7) is 2.72. The minimum absolute atomic E-state index is 0.135. The van der Waals surface area contributed by atoms with Gasteiger partial charge in [-0.1, -0.05) is 25.1 Å². The van der Waals surface area contributed by atoms with Crippen LogP contribution in [0.5, 0.6) is 0 Å². The fourth-order valence-electron chi connectivity index (χ4n) is 3.24. The first-order valence-electron chi connectivity index (χ1n) is 6.74. The third-order valence-electron chi connectivity index (χ3n) is 4.51. The first-order chi connectivity index (χ1) is 8.63. The Morgan fingerprint density at radius 3 is 2.89 bits per heavy atom. The van der Waals surface area contributed by atoms with E-state index in [2.05, 4.69) is 0 Å². The van der Waals surface area contributed by atoms with Gasteiger partial charge in [0.15, 0.2) is 0 Å². The minimum Gasteiger partial charge on any atom is -0.390 e. The molecular formula is C15H19NO2. The lowest BCUT2D eigenvalue weighted by atomic mass is 9.99. The molecule has 1 aromatic rings. The zero-order valence-corrected chi connectivity index (χ0v) is 10.7. The monoisotopic (exact) mass is 245 g/mol. The van der Waals surface area contributed by atoms with Gasteiger partial charge in [-0.15, -0.1) is 0 Å². The molecule has 0 aromatic heterocycles. The second-order valence-electron chi connectivity index (χ2n) is 5.56. The Morgan fingerprint density at radius 2 is 2.22 bits per heavy atom. The van der Waals surface area contributed by atoms with Gasteiger partial charge in [0, 0.05) is 18.2 Å². The third kappa shape index (κ3) is 1.74. The van der Waals surface area contributed by atoms with Crippen molar-refractivity contribution in [2.45, 2.75) is 50.8 Å². The number of aliphatic hydroxyl groups is 1. The van der Waals surface area contributed by atoms with Gasteiger partial charge < -0.3 is 10.0 Å². The zero-order valence-electron chi connectivity index (χ0n) is 10.7. The maximum Gasteiger partial charge on any atom is 0.254 e. The van der Waals surface area contributed by atoms with Gasteiger partial charge >= 0.3 is 0 Å². The van der Waals surface area contributed by atoms with Crippen LogP contribution in [0, 0.1) is 0 Å². The standard InChI is InChI=1S/C15H19NO2/c1-2-15(18)8-7-12(9-15)16-10-11-5-3-4-6-13(11)14(16)17/h3-6,12,18H,2,7-10H2,1H3. The van der Waals surface area contributed by atoms with Crippen LogP contribution in [0.25, 0.3) is 0 Å². The Hall–Kier alpha value is -1.35. The van der Waals surface area contributed by atoms with Gasteiger partial charge in [0.25, 0.3) is 5.91 Å². The lowest BCUT2D eigenvalue weighted by Crippen LogP contribution is -2.36. The molecule has 2 unspecified atom stereocenters. The van der Waals surface area contributed by atoms with Crippen LogP contribution in [-0.2, 0) is 6.54 Å². The van der Waals surface area contributed by atoms with Crippen molar-refractivity contribution >= 4 is 5.91 Å². The number of nitrogens with zero attached hydrogens (tertiary/aromatic N) is 1. The summed E-state index contributed by atoms with van der Waals surface area (Å²) in [4.78, 5) is 14.3. The normalized spacial score (nSPS) is 30.9. The van der Waals surface area contributed by atoms with Crippen LogP contribution in [0.1, 0.15) is 48.5 Å². The van der Waals surface area contributed by atoms with E-state index in [1.54, 1.807) is 0 Å². The van der Waals surface area contributed by atoms with Crippen molar-refractivity contribution < 1.29 is 9.90 Å². The fourth-order valence-corrected chi connectivity index (χ4v) is 3.24. The van der Waals surface area contributed by atoms with E-state index >= 15 is 0 Å². The van der Waals surface area contributed by atoms with Crippen LogP contribution in [0.3, 0.4) is 0 Å². The lowest BCUT2D eigenvalue weighted by Gasteiger charge is -2.26. The molecule has 1 aliphatic heterocycles. The van der Waals surface area contributed by atoms with Crippen molar-refractivity contribution in [2.75, 3.05) is 0 Å². The summed E-state index contributed by atoms with van der Waals surface area (Å²) in [5.41, 5.74) is 1.40. The van der Waals surface area contributed by atoms with Gasteiger partial charge in [0.05, 0.1) is 5.60 Å². The highest BCUT2D eigenvalue weighted by Crippen LogP contribution is 2.38. The Labute approximate surface area is 107 Å². The molecule has 3 nitrogen and oxygen atoms in total. The molecule has 2 aliphatic rings. The van der Waals surface area contributed by atoms with Crippen molar-refractivity contribution in [2.24, 2.45) is 0 Å². The van der Waals surface area contributed by atoms with Crippen LogP contribution in [-0.4, -0.2) is 27.6 Å². The molecule has 1 aromatic carbocycles. The summed E-state index contributed by atoms with van der Waals surface area (Å²) in [5.74, 6) is 0.135. The number of carbonyl (C=O) groups excluding carboxylic acids is 1. The maximum atomic E-state index is 12.3. The van der Waals surface area contributed by atoms with Gasteiger partial charge in [-0.2, -0.15) is 0 Å². The highest BCUT2D eigenvalue weighted by molar-refractivity contribution is 5.98. The summed E-state index contributed by atoms with van der Waals surface area (Å²) < 4.78 is 0. The van der Waals surface area contributed by atoms with Crippen molar-refractivity contribution in [1.82, 2.24) is 4.90 Å². The topological polar surface area (TPSA) is 40.5 Å². The zero-order chi connectivity index (χ0) is 12.8. The number of hydrogen-bond donors (Lipinski definition) is 1. The number of amides is 1. The Morgan fingerprint density at radius 1 is 1.44 bits per heavy atom. The highest BCUT2D eigenvalue weighted by Gasteiger charge is 2.42. The van der Waals surface area contributed by atoms with Crippen molar-refractivity contribution in [1.29, 1.82) is 0 Å². The van der Waals surface area contributed by atoms with Crippen LogP contribution in [0.2, 0.25) is 0 Å². The molecule has 96 valence electrons. The number of fused-ring (bicyclic) bond motifs is 1. The summed E-state index contributed by atoms with van der Waals surface area (Å²) in [6.07, 6.45) is 3.24. The van der Waals surface area contributed by atoms with E-state index in [1.807, 2.05) is 36.1 Å². The molecule has 0 spiro atoms.